The van der Waals surface area contributed by atoms with Gasteiger partial charge in [0.2, 0.25) is 0 Å². The first-order valence-electron chi connectivity index (χ1n) is 6.27. The number of hydrogen-bond acceptors (Lipinski definition) is 4. The Labute approximate surface area is 111 Å². The number of nitrogens with one attached hydrogen (secondary N) is 1. The van der Waals surface area contributed by atoms with Crippen LogP contribution in [0.15, 0.2) is 29.6 Å². The molecule has 4 heteroatoms. The third kappa shape index (κ3) is 2.40. The molecule has 94 valence electrons. The van der Waals surface area contributed by atoms with Crippen molar-refractivity contribution >= 4 is 17.0 Å². The SMILES string of the molecule is Cc1nc(CN2CCNCc3ccccc32)cs1. The summed E-state index contributed by atoms with van der Waals surface area (Å²) in [5.41, 5.74) is 3.89. The molecule has 2 heterocycles. The largest absolute Gasteiger partial charge is 0.364 e. The van der Waals surface area contributed by atoms with Crippen LogP contribution in [-0.4, -0.2) is 18.1 Å². The predicted octanol–water partition coefficient (Wildman–Crippen LogP) is 2.56. The number of nitrogens with zero attached hydrogens (tertiary/aromatic N) is 2. The Kier molecular flexibility index (Phi) is 3.30. The van der Waals surface area contributed by atoms with E-state index in [1.54, 1.807) is 11.3 Å². The fourth-order valence-electron chi connectivity index (χ4n) is 2.37. The number of aromatic nitrogens is 1. The van der Waals surface area contributed by atoms with E-state index in [1.807, 2.05) is 0 Å². The molecule has 1 aliphatic rings. The van der Waals surface area contributed by atoms with E-state index in [4.69, 9.17) is 0 Å². The Balaban J connectivity index is 1.87. The second kappa shape index (κ2) is 5.08. The number of benzene rings is 1. The molecular formula is C14H17N3S. The first-order valence-corrected chi connectivity index (χ1v) is 7.15. The van der Waals surface area contributed by atoms with Gasteiger partial charge in [-0.15, -0.1) is 11.3 Å². The summed E-state index contributed by atoms with van der Waals surface area (Å²) in [4.78, 5) is 6.99. The smallest absolute Gasteiger partial charge is 0.0898 e. The minimum Gasteiger partial charge on any atom is -0.364 e. The van der Waals surface area contributed by atoms with Gasteiger partial charge in [0.05, 0.1) is 17.2 Å². The molecule has 1 aromatic carbocycles. The molecule has 1 aromatic heterocycles. The summed E-state index contributed by atoms with van der Waals surface area (Å²) >= 11 is 1.73. The molecule has 0 aliphatic carbocycles. The van der Waals surface area contributed by atoms with Crippen molar-refractivity contribution in [3.8, 4) is 0 Å². The number of hydrogen-bond donors (Lipinski definition) is 1. The van der Waals surface area contributed by atoms with E-state index in [1.165, 1.54) is 16.9 Å². The Morgan fingerprint density at radius 1 is 1.39 bits per heavy atom. The van der Waals surface area contributed by atoms with Crippen LogP contribution < -0.4 is 10.2 Å². The summed E-state index contributed by atoms with van der Waals surface area (Å²) in [6, 6.07) is 8.63. The molecule has 0 spiro atoms. The standard InChI is InChI=1S/C14H17N3S/c1-11-16-13(10-18-11)9-17-7-6-15-8-12-4-2-3-5-14(12)17/h2-5,10,15H,6-9H2,1H3. The van der Waals surface area contributed by atoms with Gasteiger partial charge in [0, 0.05) is 30.7 Å². The van der Waals surface area contributed by atoms with Gasteiger partial charge in [-0.2, -0.15) is 0 Å². The summed E-state index contributed by atoms with van der Waals surface area (Å²) in [7, 11) is 0. The number of para-hydroxylation sites is 1. The van der Waals surface area contributed by atoms with Crippen molar-refractivity contribution in [2.45, 2.75) is 20.0 Å². The van der Waals surface area contributed by atoms with E-state index < -0.39 is 0 Å². The summed E-state index contributed by atoms with van der Waals surface area (Å²) < 4.78 is 0. The zero-order chi connectivity index (χ0) is 12.4. The van der Waals surface area contributed by atoms with Crippen LogP contribution in [0.4, 0.5) is 5.69 Å². The zero-order valence-corrected chi connectivity index (χ0v) is 11.3. The zero-order valence-electron chi connectivity index (χ0n) is 10.5. The predicted molar refractivity (Wildman–Crippen MR) is 76.0 cm³/mol. The Morgan fingerprint density at radius 3 is 3.11 bits per heavy atom. The lowest BCUT2D eigenvalue weighted by atomic mass is 10.1. The fourth-order valence-corrected chi connectivity index (χ4v) is 2.97. The van der Waals surface area contributed by atoms with Crippen molar-refractivity contribution < 1.29 is 0 Å². The molecular weight excluding hydrogens is 242 g/mol. The molecule has 0 amide bonds. The van der Waals surface area contributed by atoms with Crippen LogP contribution in [0, 0.1) is 6.92 Å². The molecule has 0 atom stereocenters. The first kappa shape index (κ1) is 11.7. The van der Waals surface area contributed by atoms with Crippen LogP contribution in [0.5, 0.6) is 0 Å². The second-order valence-electron chi connectivity index (χ2n) is 4.58. The Morgan fingerprint density at radius 2 is 2.28 bits per heavy atom. The second-order valence-corrected chi connectivity index (χ2v) is 5.65. The van der Waals surface area contributed by atoms with E-state index in [2.05, 4.69) is 51.8 Å². The van der Waals surface area contributed by atoms with E-state index in [0.717, 1.165) is 31.2 Å². The van der Waals surface area contributed by atoms with E-state index >= 15 is 0 Å². The minimum atomic E-state index is 0.906. The van der Waals surface area contributed by atoms with E-state index in [9.17, 15) is 0 Å². The lowest BCUT2D eigenvalue weighted by Gasteiger charge is -2.23. The third-order valence-electron chi connectivity index (χ3n) is 3.23. The average molecular weight is 259 g/mol. The highest BCUT2D eigenvalue weighted by molar-refractivity contribution is 7.09. The molecule has 18 heavy (non-hydrogen) atoms. The Hall–Kier alpha value is -1.39. The third-order valence-corrected chi connectivity index (χ3v) is 4.05. The van der Waals surface area contributed by atoms with Gasteiger partial charge in [-0.1, -0.05) is 18.2 Å². The van der Waals surface area contributed by atoms with Crippen LogP contribution in [0.2, 0.25) is 0 Å². The summed E-state index contributed by atoms with van der Waals surface area (Å²) in [5.74, 6) is 0. The van der Waals surface area contributed by atoms with Gasteiger partial charge in [-0.3, -0.25) is 0 Å². The number of aryl methyl sites for hydroxylation is 1. The van der Waals surface area contributed by atoms with Crippen molar-refractivity contribution in [1.82, 2.24) is 10.3 Å². The quantitative estimate of drug-likeness (QED) is 0.898. The van der Waals surface area contributed by atoms with E-state index in [0.29, 0.717) is 0 Å². The number of fused-ring (bicyclic) bond motifs is 1. The molecule has 3 nitrogen and oxygen atoms in total. The summed E-state index contributed by atoms with van der Waals surface area (Å²) in [6.07, 6.45) is 0. The molecule has 1 N–H and O–H groups in total. The number of anilines is 1. The first-order chi connectivity index (χ1) is 8.83. The van der Waals surface area contributed by atoms with Crippen molar-refractivity contribution in [3.63, 3.8) is 0 Å². The fraction of sp³-hybridized carbons (Fsp3) is 0.357. The van der Waals surface area contributed by atoms with Crippen LogP contribution in [0.3, 0.4) is 0 Å². The van der Waals surface area contributed by atoms with Crippen LogP contribution in [-0.2, 0) is 13.1 Å². The maximum Gasteiger partial charge on any atom is 0.0898 e. The van der Waals surface area contributed by atoms with Gasteiger partial charge in [0.1, 0.15) is 0 Å². The van der Waals surface area contributed by atoms with Gasteiger partial charge in [-0.25, -0.2) is 4.98 Å². The highest BCUT2D eigenvalue weighted by Gasteiger charge is 2.15. The maximum atomic E-state index is 4.56. The molecule has 0 saturated carbocycles. The number of thiazole rings is 1. The molecule has 1 aliphatic heterocycles. The van der Waals surface area contributed by atoms with Crippen molar-refractivity contribution in [2.24, 2.45) is 0 Å². The Bertz CT molecular complexity index is 535. The highest BCUT2D eigenvalue weighted by atomic mass is 32.1. The van der Waals surface area contributed by atoms with Crippen molar-refractivity contribution in [2.75, 3.05) is 18.0 Å². The van der Waals surface area contributed by atoms with Crippen LogP contribution >= 0.6 is 11.3 Å². The molecule has 0 unspecified atom stereocenters. The lowest BCUT2D eigenvalue weighted by Crippen LogP contribution is -2.28. The average Bonchev–Trinajstić information content (AvgIpc) is 2.68. The number of rotatable bonds is 2. The molecule has 0 radical (unpaired) electrons. The van der Waals surface area contributed by atoms with Crippen molar-refractivity contribution in [3.05, 3.63) is 45.9 Å². The van der Waals surface area contributed by atoms with Gasteiger partial charge < -0.3 is 10.2 Å². The summed E-state index contributed by atoms with van der Waals surface area (Å²) in [6.45, 7) is 5.99. The maximum absolute atomic E-state index is 4.56. The molecule has 3 rings (SSSR count). The van der Waals surface area contributed by atoms with Crippen molar-refractivity contribution in [1.29, 1.82) is 0 Å². The normalized spacial score (nSPS) is 15.3. The highest BCUT2D eigenvalue weighted by Crippen LogP contribution is 2.24. The topological polar surface area (TPSA) is 28.2 Å². The lowest BCUT2D eigenvalue weighted by molar-refractivity contribution is 0.685. The summed E-state index contributed by atoms with van der Waals surface area (Å²) in [5, 5.41) is 6.77. The van der Waals surface area contributed by atoms with Gasteiger partial charge in [-0.05, 0) is 18.6 Å². The molecule has 0 saturated heterocycles. The van der Waals surface area contributed by atoms with E-state index in [-0.39, 0.29) is 0 Å². The van der Waals surface area contributed by atoms with Gasteiger partial charge >= 0.3 is 0 Å². The molecule has 2 aromatic rings. The van der Waals surface area contributed by atoms with Gasteiger partial charge in [0.15, 0.2) is 0 Å². The van der Waals surface area contributed by atoms with Crippen LogP contribution in [0.1, 0.15) is 16.3 Å². The van der Waals surface area contributed by atoms with Gasteiger partial charge in [0.25, 0.3) is 0 Å². The minimum absolute atomic E-state index is 0.906. The molecule has 0 fully saturated rings. The van der Waals surface area contributed by atoms with Crippen LogP contribution in [0.25, 0.3) is 0 Å². The molecule has 0 bridgehead atoms. The monoisotopic (exact) mass is 259 g/mol.